The quantitative estimate of drug-likeness (QED) is 0.433. The number of hydrogen-bond donors (Lipinski definition) is 3. The molecule has 0 fully saturated rings. The van der Waals surface area contributed by atoms with E-state index in [1.54, 1.807) is 54.7 Å². The van der Waals surface area contributed by atoms with Crippen LogP contribution >= 0.6 is 8.25 Å². The van der Waals surface area contributed by atoms with E-state index in [0.717, 1.165) is 6.20 Å². The summed E-state index contributed by atoms with van der Waals surface area (Å²) in [5.74, 6) is -1.16. The fourth-order valence-corrected chi connectivity index (χ4v) is 2.65. The molecule has 3 aromatic rings. The lowest BCUT2D eigenvalue weighted by Gasteiger charge is -2.18. The molecular formula is C17H15N4O5P. The van der Waals surface area contributed by atoms with Crippen LogP contribution in [0.4, 0.5) is 0 Å². The third kappa shape index (κ3) is 4.73. The molecule has 2 aromatic heterocycles. The van der Waals surface area contributed by atoms with Crippen molar-refractivity contribution in [3.8, 4) is 17.4 Å². The van der Waals surface area contributed by atoms with Gasteiger partial charge in [0.25, 0.3) is 5.91 Å². The molecule has 2 heterocycles. The first kappa shape index (κ1) is 18.7. The van der Waals surface area contributed by atoms with Crippen molar-refractivity contribution >= 4 is 14.2 Å². The maximum Gasteiger partial charge on any atom is 0.318 e. The molecular weight excluding hydrogens is 371 g/mol. The Labute approximate surface area is 154 Å². The zero-order chi connectivity index (χ0) is 19.2. The highest BCUT2D eigenvalue weighted by Crippen LogP contribution is 2.27. The first-order valence-electron chi connectivity index (χ1n) is 7.77. The third-order valence-corrected chi connectivity index (χ3v) is 3.93. The Morgan fingerprint density at radius 1 is 1.11 bits per heavy atom. The molecule has 0 aliphatic heterocycles. The van der Waals surface area contributed by atoms with E-state index in [-0.39, 0.29) is 11.4 Å². The zero-order valence-electron chi connectivity index (χ0n) is 13.8. The molecule has 27 heavy (non-hydrogen) atoms. The molecule has 1 aromatic carbocycles. The minimum Gasteiger partial charge on any atom is -0.493 e. The van der Waals surface area contributed by atoms with Gasteiger partial charge in [0, 0.05) is 18.0 Å². The van der Waals surface area contributed by atoms with Crippen LogP contribution in [0.3, 0.4) is 0 Å². The van der Waals surface area contributed by atoms with Crippen LogP contribution in [-0.2, 0) is 9.09 Å². The monoisotopic (exact) mass is 386 g/mol. The number of hydrogen-bond acceptors (Lipinski definition) is 7. The van der Waals surface area contributed by atoms with E-state index in [9.17, 15) is 14.5 Å². The number of aromatic nitrogens is 3. The highest BCUT2D eigenvalue weighted by atomic mass is 31.1. The van der Waals surface area contributed by atoms with Gasteiger partial charge in [-0.1, -0.05) is 36.4 Å². The van der Waals surface area contributed by atoms with Crippen molar-refractivity contribution in [1.82, 2.24) is 20.3 Å². The minimum absolute atomic E-state index is 0.154. The van der Waals surface area contributed by atoms with Gasteiger partial charge in [0.2, 0.25) is 5.88 Å². The summed E-state index contributed by atoms with van der Waals surface area (Å²) in [4.78, 5) is 33.5. The number of pyridine rings is 1. The summed E-state index contributed by atoms with van der Waals surface area (Å²) in [6.45, 7) is 0. The van der Waals surface area contributed by atoms with E-state index in [2.05, 4.69) is 20.3 Å². The van der Waals surface area contributed by atoms with Crippen LogP contribution in [0.1, 0.15) is 22.1 Å². The third-order valence-electron chi connectivity index (χ3n) is 3.49. The van der Waals surface area contributed by atoms with E-state index in [1.165, 1.54) is 0 Å². The first-order valence-corrected chi connectivity index (χ1v) is 9.04. The lowest BCUT2D eigenvalue weighted by atomic mass is 10.2. The van der Waals surface area contributed by atoms with Crippen LogP contribution in [0.2, 0.25) is 0 Å². The molecule has 3 rings (SSSR count). The normalized spacial score (nSPS) is 12.9. The lowest BCUT2D eigenvalue weighted by molar-refractivity contribution is 0.0819. The van der Waals surface area contributed by atoms with E-state index in [1.807, 2.05) is 0 Å². The van der Waals surface area contributed by atoms with Gasteiger partial charge in [0.1, 0.15) is 11.3 Å². The Morgan fingerprint density at radius 2 is 1.85 bits per heavy atom. The van der Waals surface area contributed by atoms with E-state index in [4.69, 9.17) is 9.42 Å². The summed E-state index contributed by atoms with van der Waals surface area (Å²) in [5, 5.41) is 12.5. The summed E-state index contributed by atoms with van der Waals surface area (Å²) >= 11 is 0. The molecule has 1 amide bonds. The van der Waals surface area contributed by atoms with E-state index in [0.29, 0.717) is 11.3 Å². The number of carbonyl (C=O) groups excluding carboxylic acids is 1. The largest absolute Gasteiger partial charge is 0.493 e. The predicted octanol–water partition coefficient (Wildman–Crippen LogP) is 2.07. The van der Waals surface area contributed by atoms with Gasteiger partial charge in [-0.2, -0.15) is 4.98 Å². The molecule has 0 saturated heterocycles. The number of benzene rings is 1. The fraction of sp³-hybridized carbons (Fsp3) is 0.0588. The average Bonchev–Trinajstić information content (AvgIpc) is 2.68. The smallest absolute Gasteiger partial charge is 0.318 e. The molecule has 3 N–H and O–H groups in total. The molecule has 0 spiro atoms. The van der Waals surface area contributed by atoms with E-state index < -0.39 is 26.3 Å². The van der Waals surface area contributed by atoms with Crippen LogP contribution in [0.15, 0.2) is 60.9 Å². The Kier molecular flexibility index (Phi) is 5.87. The first-order chi connectivity index (χ1) is 13.0. The number of rotatable bonds is 6. The zero-order valence-corrected chi connectivity index (χ0v) is 14.8. The fourth-order valence-electron chi connectivity index (χ4n) is 2.26. The van der Waals surface area contributed by atoms with Crippen LogP contribution in [-0.4, -0.2) is 30.9 Å². The van der Waals surface area contributed by atoms with Crippen LogP contribution < -0.4 is 5.32 Å². The van der Waals surface area contributed by atoms with Gasteiger partial charge in [-0.3, -0.25) is 18.9 Å². The van der Waals surface area contributed by atoms with Gasteiger partial charge in [-0.05, 0) is 12.1 Å². The summed E-state index contributed by atoms with van der Waals surface area (Å²) < 4.78 is 16.0. The second kappa shape index (κ2) is 8.50. The van der Waals surface area contributed by atoms with Crippen molar-refractivity contribution in [2.45, 2.75) is 6.23 Å². The number of amides is 1. The molecule has 9 nitrogen and oxygen atoms in total. The van der Waals surface area contributed by atoms with Crippen molar-refractivity contribution in [1.29, 1.82) is 0 Å². The Bertz CT molecular complexity index is 956. The van der Waals surface area contributed by atoms with Crippen LogP contribution in [0.5, 0.6) is 5.88 Å². The summed E-state index contributed by atoms with van der Waals surface area (Å²) in [6, 6.07) is 13.5. The maximum atomic E-state index is 12.5. The Hall–Kier alpha value is -3.13. The van der Waals surface area contributed by atoms with E-state index >= 15 is 0 Å². The Balaban J connectivity index is 1.83. The van der Waals surface area contributed by atoms with Gasteiger partial charge < -0.3 is 15.3 Å². The molecule has 2 unspecified atom stereocenters. The topological polar surface area (TPSA) is 135 Å². The summed E-state index contributed by atoms with van der Waals surface area (Å²) in [6.07, 6.45) is 1.52. The number of nitrogens with one attached hydrogen (secondary N) is 1. The molecule has 0 aliphatic rings. The Morgan fingerprint density at radius 3 is 2.48 bits per heavy atom. The SMILES string of the molecule is O=C(NC(O[PH](=O)O)c1ccccc1)c1cnc(-c2ccccn2)nc1O. The second-order valence-electron chi connectivity index (χ2n) is 5.29. The minimum atomic E-state index is -3.33. The van der Waals surface area contributed by atoms with Crippen molar-refractivity contribution in [2.24, 2.45) is 0 Å². The molecule has 0 bridgehead atoms. The molecule has 0 radical (unpaired) electrons. The number of aromatic hydroxyl groups is 1. The number of carbonyl (C=O) groups is 1. The van der Waals surface area contributed by atoms with Crippen LogP contribution in [0, 0.1) is 0 Å². The van der Waals surface area contributed by atoms with Crippen LogP contribution in [0.25, 0.3) is 11.5 Å². The van der Waals surface area contributed by atoms with Crippen molar-refractivity contribution < 1.29 is 23.9 Å². The second-order valence-corrected chi connectivity index (χ2v) is 6.06. The standard InChI is InChI=1S/C17H15N4O5P/c22-15-12(10-19-14(20-15)13-8-4-5-9-18-13)16(23)21-17(26-27(24)25)11-6-2-1-3-7-11/h1-10,17,27H,(H,21,23)(H,24,25)(H,19,20,22). The maximum absolute atomic E-state index is 12.5. The molecule has 0 saturated carbocycles. The van der Waals surface area contributed by atoms with Gasteiger partial charge in [-0.15, -0.1) is 0 Å². The molecule has 138 valence electrons. The van der Waals surface area contributed by atoms with Gasteiger partial charge in [0.05, 0.1) is 0 Å². The highest BCUT2D eigenvalue weighted by molar-refractivity contribution is 7.32. The predicted molar refractivity (Wildman–Crippen MR) is 95.9 cm³/mol. The molecule has 2 atom stereocenters. The van der Waals surface area contributed by atoms with Crippen molar-refractivity contribution in [3.05, 3.63) is 72.1 Å². The number of nitrogens with zero attached hydrogens (tertiary/aromatic N) is 3. The average molecular weight is 386 g/mol. The molecule has 0 aliphatic carbocycles. The van der Waals surface area contributed by atoms with Gasteiger partial charge in [-0.25, -0.2) is 4.98 Å². The van der Waals surface area contributed by atoms with Crippen molar-refractivity contribution in [2.75, 3.05) is 0 Å². The lowest BCUT2D eigenvalue weighted by Crippen LogP contribution is -2.29. The van der Waals surface area contributed by atoms with Crippen molar-refractivity contribution in [3.63, 3.8) is 0 Å². The molecule has 10 heteroatoms. The van der Waals surface area contributed by atoms with Gasteiger partial charge in [0.15, 0.2) is 12.1 Å². The summed E-state index contributed by atoms with van der Waals surface area (Å²) in [7, 11) is -3.33. The van der Waals surface area contributed by atoms with Gasteiger partial charge >= 0.3 is 8.25 Å². The highest BCUT2D eigenvalue weighted by Gasteiger charge is 2.21. The summed E-state index contributed by atoms with van der Waals surface area (Å²) in [5.41, 5.74) is 0.685.